The van der Waals surface area contributed by atoms with E-state index in [9.17, 15) is 0 Å². The Morgan fingerprint density at radius 1 is 1.09 bits per heavy atom. The van der Waals surface area contributed by atoms with Crippen LogP contribution in [0.2, 0.25) is 0 Å². The molecule has 0 bridgehead atoms. The second-order valence-electron chi connectivity index (χ2n) is 3.33. The summed E-state index contributed by atoms with van der Waals surface area (Å²) < 4.78 is 0. The fraction of sp³-hybridized carbons (Fsp3) is 0.778. The van der Waals surface area contributed by atoms with E-state index in [0.29, 0.717) is 11.8 Å². The van der Waals surface area contributed by atoms with Gasteiger partial charge in [0.1, 0.15) is 0 Å². The Balaban J connectivity index is 4.54. The van der Waals surface area contributed by atoms with E-state index >= 15 is 0 Å². The first kappa shape index (κ1) is 10.9. The number of rotatable bonds is 3. The van der Waals surface area contributed by atoms with Crippen LogP contribution in [0.3, 0.4) is 0 Å². The van der Waals surface area contributed by atoms with E-state index in [-0.39, 0.29) is 0 Å². The molecule has 0 saturated heterocycles. The van der Waals surface area contributed by atoms with Gasteiger partial charge in [-0.1, -0.05) is 27.7 Å². The summed E-state index contributed by atoms with van der Waals surface area (Å²) in [7, 11) is 0. The smallest absolute Gasteiger partial charge is 0.0205 e. The lowest BCUT2D eigenvalue weighted by Crippen LogP contribution is -2.10. The molecule has 2 heteroatoms. The van der Waals surface area contributed by atoms with Gasteiger partial charge >= 0.3 is 0 Å². The molecule has 0 unspecified atom stereocenters. The summed E-state index contributed by atoms with van der Waals surface area (Å²) >= 11 is 1.77. The van der Waals surface area contributed by atoms with Crippen LogP contribution in [0.1, 0.15) is 27.7 Å². The lowest BCUT2D eigenvalue weighted by molar-refractivity contribution is 0.713. The van der Waals surface area contributed by atoms with Gasteiger partial charge in [0.2, 0.25) is 0 Å². The lowest BCUT2D eigenvalue weighted by atomic mass is 10.1. The Kier molecular flexibility index (Phi) is 4.66. The van der Waals surface area contributed by atoms with Crippen molar-refractivity contribution >= 4 is 11.8 Å². The molecule has 2 N–H and O–H groups in total. The third kappa shape index (κ3) is 3.19. The van der Waals surface area contributed by atoms with Gasteiger partial charge < -0.3 is 5.73 Å². The summed E-state index contributed by atoms with van der Waals surface area (Å²) in [5.41, 5.74) is 6.98. The molecule has 0 heterocycles. The van der Waals surface area contributed by atoms with Crippen LogP contribution in [0.4, 0.5) is 0 Å². The standard InChI is InChI=1S/C9H19NS/c1-6(2)8(10)9(11-5)7(3)4/h6-7H,10H2,1-5H3/b9-8-. The monoisotopic (exact) mass is 173 g/mol. The van der Waals surface area contributed by atoms with E-state index in [1.807, 2.05) is 0 Å². The fourth-order valence-corrected chi connectivity index (χ4v) is 1.91. The molecule has 0 aromatic heterocycles. The molecule has 0 aliphatic carbocycles. The van der Waals surface area contributed by atoms with Crippen molar-refractivity contribution in [2.45, 2.75) is 27.7 Å². The van der Waals surface area contributed by atoms with E-state index in [0.717, 1.165) is 5.70 Å². The average molecular weight is 173 g/mol. The highest BCUT2D eigenvalue weighted by atomic mass is 32.2. The number of thioether (sulfide) groups is 1. The van der Waals surface area contributed by atoms with Crippen LogP contribution < -0.4 is 5.73 Å². The maximum Gasteiger partial charge on any atom is 0.0205 e. The first-order chi connectivity index (χ1) is 5.00. The summed E-state index contributed by atoms with van der Waals surface area (Å²) in [6, 6.07) is 0. The van der Waals surface area contributed by atoms with E-state index in [1.54, 1.807) is 11.8 Å². The first-order valence-corrected chi connectivity index (χ1v) is 5.26. The molecule has 0 aromatic carbocycles. The Labute approximate surface area is 74.4 Å². The lowest BCUT2D eigenvalue weighted by Gasteiger charge is -2.15. The predicted molar refractivity (Wildman–Crippen MR) is 54.4 cm³/mol. The molecule has 11 heavy (non-hydrogen) atoms. The summed E-state index contributed by atoms with van der Waals surface area (Å²) in [6.45, 7) is 8.63. The quantitative estimate of drug-likeness (QED) is 0.710. The van der Waals surface area contributed by atoms with Gasteiger partial charge in [-0.05, 0) is 18.1 Å². The van der Waals surface area contributed by atoms with Gasteiger partial charge in [-0.25, -0.2) is 0 Å². The van der Waals surface area contributed by atoms with Crippen LogP contribution in [-0.2, 0) is 0 Å². The highest BCUT2D eigenvalue weighted by Gasteiger charge is 2.09. The summed E-state index contributed by atoms with van der Waals surface area (Å²) in [5.74, 6) is 1.03. The van der Waals surface area contributed by atoms with Crippen molar-refractivity contribution in [3.63, 3.8) is 0 Å². The Morgan fingerprint density at radius 2 is 1.55 bits per heavy atom. The number of hydrogen-bond acceptors (Lipinski definition) is 2. The Morgan fingerprint density at radius 3 is 1.64 bits per heavy atom. The van der Waals surface area contributed by atoms with Crippen LogP contribution in [-0.4, -0.2) is 6.26 Å². The molecule has 66 valence electrons. The van der Waals surface area contributed by atoms with E-state index in [4.69, 9.17) is 5.73 Å². The van der Waals surface area contributed by atoms with Crippen molar-refractivity contribution in [2.75, 3.05) is 6.26 Å². The molecule has 0 atom stereocenters. The zero-order valence-corrected chi connectivity index (χ0v) is 8.96. The largest absolute Gasteiger partial charge is 0.401 e. The third-order valence-electron chi connectivity index (χ3n) is 1.65. The molecule has 0 amide bonds. The van der Waals surface area contributed by atoms with Crippen molar-refractivity contribution in [1.29, 1.82) is 0 Å². The summed E-state index contributed by atoms with van der Waals surface area (Å²) in [4.78, 5) is 1.33. The average Bonchev–Trinajstić information content (AvgIpc) is 1.88. The maximum absolute atomic E-state index is 5.93. The van der Waals surface area contributed by atoms with Crippen LogP contribution in [0.5, 0.6) is 0 Å². The van der Waals surface area contributed by atoms with Gasteiger partial charge in [0.15, 0.2) is 0 Å². The van der Waals surface area contributed by atoms with Gasteiger partial charge in [0, 0.05) is 10.6 Å². The van der Waals surface area contributed by atoms with Crippen molar-refractivity contribution in [3.05, 3.63) is 10.6 Å². The number of nitrogens with two attached hydrogens (primary N) is 1. The van der Waals surface area contributed by atoms with Crippen molar-refractivity contribution in [1.82, 2.24) is 0 Å². The van der Waals surface area contributed by atoms with Gasteiger partial charge in [0.05, 0.1) is 0 Å². The third-order valence-corrected chi connectivity index (χ3v) is 2.80. The minimum absolute atomic E-state index is 0.472. The predicted octanol–water partition coefficient (Wildman–Crippen LogP) is 2.83. The molecule has 1 nitrogen and oxygen atoms in total. The van der Waals surface area contributed by atoms with Crippen molar-refractivity contribution in [3.8, 4) is 0 Å². The Bertz CT molecular complexity index is 148. The molecule has 0 rings (SSSR count). The van der Waals surface area contributed by atoms with Crippen molar-refractivity contribution < 1.29 is 0 Å². The topological polar surface area (TPSA) is 26.0 Å². The molecule has 0 aromatic rings. The second kappa shape index (κ2) is 4.70. The molecule has 0 spiro atoms. The van der Waals surface area contributed by atoms with Crippen LogP contribution in [0, 0.1) is 11.8 Å². The maximum atomic E-state index is 5.93. The normalized spacial score (nSPS) is 14.1. The van der Waals surface area contributed by atoms with E-state index in [1.165, 1.54) is 4.91 Å². The molecule has 0 aliphatic rings. The highest BCUT2D eigenvalue weighted by molar-refractivity contribution is 8.02. The van der Waals surface area contributed by atoms with Crippen LogP contribution in [0.15, 0.2) is 10.6 Å². The second-order valence-corrected chi connectivity index (χ2v) is 4.18. The molecule has 0 fully saturated rings. The van der Waals surface area contributed by atoms with Crippen molar-refractivity contribution in [2.24, 2.45) is 17.6 Å². The first-order valence-electron chi connectivity index (χ1n) is 4.04. The molecule has 0 aliphatic heterocycles. The van der Waals surface area contributed by atoms with E-state index in [2.05, 4.69) is 34.0 Å². The minimum Gasteiger partial charge on any atom is -0.401 e. The van der Waals surface area contributed by atoms with Gasteiger partial charge in [-0.3, -0.25) is 0 Å². The SMILES string of the molecule is CS/C(=C(\N)C(C)C)C(C)C. The molecular weight excluding hydrogens is 154 g/mol. The zero-order valence-electron chi connectivity index (χ0n) is 8.14. The molecule has 0 radical (unpaired) electrons. The molecular formula is C9H19NS. The van der Waals surface area contributed by atoms with Gasteiger partial charge in [-0.2, -0.15) is 0 Å². The molecule has 0 saturated carbocycles. The zero-order chi connectivity index (χ0) is 9.02. The van der Waals surface area contributed by atoms with Gasteiger partial charge in [-0.15, -0.1) is 11.8 Å². The van der Waals surface area contributed by atoms with Crippen LogP contribution >= 0.6 is 11.8 Å². The summed E-state index contributed by atoms with van der Waals surface area (Å²) in [6.07, 6.45) is 2.09. The van der Waals surface area contributed by atoms with E-state index < -0.39 is 0 Å². The van der Waals surface area contributed by atoms with Crippen LogP contribution in [0.25, 0.3) is 0 Å². The Hall–Kier alpha value is -0.110. The van der Waals surface area contributed by atoms with Gasteiger partial charge in [0.25, 0.3) is 0 Å². The number of allylic oxidation sites excluding steroid dienone is 2. The highest BCUT2D eigenvalue weighted by Crippen LogP contribution is 2.26. The minimum atomic E-state index is 0.472. The number of hydrogen-bond donors (Lipinski definition) is 1. The fourth-order valence-electron chi connectivity index (χ4n) is 0.971. The summed E-state index contributed by atoms with van der Waals surface area (Å²) in [5, 5.41) is 0.